The van der Waals surface area contributed by atoms with Gasteiger partial charge in [0.25, 0.3) is 0 Å². The summed E-state index contributed by atoms with van der Waals surface area (Å²) in [6.07, 6.45) is 2.58. The van der Waals surface area contributed by atoms with E-state index in [1.54, 1.807) is 0 Å². The number of hydrogen-bond acceptors (Lipinski definition) is 19. The highest BCUT2D eigenvalue weighted by Gasteiger charge is 2.40. The minimum atomic E-state index is -2.46. The minimum absolute atomic E-state index is 0.421. The van der Waals surface area contributed by atoms with Gasteiger partial charge in [-0.1, -0.05) is 117 Å². The second-order valence-electron chi connectivity index (χ2n) is 16.4. The van der Waals surface area contributed by atoms with E-state index < -0.39 is 148 Å². The van der Waals surface area contributed by atoms with Crippen LogP contribution < -0.4 is 5.32 Å². The molecule has 0 unspecified atom stereocenters. The van der Waals surface area contributed by atoms with Gasteiger partial charge >= 0.3 is 0 Å². The highest BCUT2D eigenvalue weighted by Crippen LogP contribution is 2.24. The van der Waals surface area contributed by atoms with E-state index in [4.69, 9.17) is 29.5 Å². The number of hydrogen-bond donors (Lipinski definition) is 16. The van der Waals surface area contributed by atoms with Gasteiger partial charge in [0, 0.05) is 45.0 Å². The number of aliphatic hydroxyl groups excluding tert-OH is 15. The maximum absolute atomic E-state index is 14.4. The first-order chi connectivity index (χ1) is 30.5. The van der Waals surface area contributed by atoms with E-state index in [1.807, 2.05) is 0 Å². The third-order valence-corrected chi connectivity index (χ3v) is 10.8. The molecule has 20 nitrogen and oxygen atoms in total. The molecule has 0 aliphatic carbocycles. The molecule has 0 saturated carbocycles. The van der Waals surface area contributed by atoms with Gasteiger partial charge in [-0.2, -0.15) is 0 Å². The van der Waals surface area contributed by atoms with Crippen LogP contribution in [0.2, 0.25) is 0 Å². The number of ether oxygens (including phenoxy) is 3. The Kier molecular flexibility index (Phi) is 34.5. The summed E-state index contributed by atoms with van der Waals surface area (Å²) in [5.41, 5.74) is -2.24. The Balaban J connectivity index is 7.10. The fourth-order valence-electron chi connectivity index (χ4n) is 6.67. The number of carbonyl (C=O) groups excluding carboxylic acids is 1. The van der Waals surface area contributed by atoms with E-state index in [0.717, 1.165) is 89.9 Å². The molecule has 0 spiro atoms. The Morgan fingerprint density at radius 2 is 0.688 bits per heavy atom. The van der Waals surface area contributed by atoms with Crippen molar-refractivity contribution in [3.05, 3.63) is 34.6 Å². The molecule has 0 fully saturated rings. The van der Waals surface area contributed by atoms with Crippen LogP contribution in [0, 0.1) is 5.92 Å². The lowest BCUT2D eigenvalue weighted by Gasteiger charge is -2.37. The Hall–Kier alpha value is -2.99. The lowest BCUT2D eigenvalue weighted by atomic mass is 9.91. The minimum Gasteiger partial charge on any atom is -0.506 e. The van der Waals surface area contributed by atoms with Crippen molar-refractivity contribution < 1.29 is 95.6 Å². The molecule has 0 radical (unpaired) electrons. The second-order valence-corrected chi connectivity index (χ2v) is 16.4. The Morgan fingerprint density at radius 3 is 0.953 bits per heavy atom. The lowest BCUT2D eigenvalue weighted by Crippen LogP contribution is -2.61. The highest BCUT2D eigenvalue weighted by atomic mass is 16.6. The molecule has 0 rings (SSSR count). The Labute approximate surface area is 377 Å². The molecule has 0 heterocycles. The van der Waals surface area contributed by atoms with E-state index in [-0.39, 0.29) is 0 Å². The summed E-state index contributed by atoms with van der Waals surface area (Å²) in [6, 6.07) is 0. The molecular formula is C44H83NO19. The van der Waals surface area contributed by atoms with E-state index in [1.165, 1.54) is 0 Å². The quantitative estimate of drug-likeness (QED) is 0.0236. The van der Waals surface area contributed by atoms with Gasteiger partial charge < -0.3 is 96.1 Å². The largest absolute Gasteiger partial charge is 0.506 e. The molecule has 16 N–H and O–H groups in total. The zero-order valence-electron chi connectivity index (χ0n) is 38.0. The molecular weight excluding hydrogens is 846 g/mol. The Bertz CT molecular complexity index is 1190. The summed E-state index contributed by atoms with van der Waals surface area (Å²) in [5.74, 6) is -8.76. The van der Waals surface area contributed by atoms with E-state index in [9.17, 15) is 66.1 Å². The molecule has 0 aromatic rings. The average molecular weight is 930 g/mol. The fourth-order valence-corrected chi connectivity index (χ4v) is 6.67. The molecule has 0 aromatic heterocycles. The summed E-state index contributed by atoms with van der Waals surface area (Å²) in [6.45, 7) is -0.623. The zero-order chi connectivity index (χ0) is 48.5. The van der Waals surface area contributed by atoms with Crippen LogP contribution in [-0.4, -0.2) is 165 Å². The molecule has 64 heavy (non-hydrogen) atoms. The molecule has 0 saturated heterocycles. The number of aliphatic hydroxyl groups is 15. The van der Waals surface area contributed by atoms with Crippen molar-refractivity contribution in [3.63, 3.8) is 0 Å². The molecule has 378 valence electrons. The van der Waals surface area contributed by atoms with Crippen LogP contribution in [0.25, 0.3) is 0 Å². The van der Waals surface area contributed by atoms with Crippen molar-refractivity contribution in [2.45, 2.75) is 191 Å². The van der Waals surface area contributed by atoms with Gasteiger partial charge in [-0.05, 0) is 12.8 Å². The first kappa shape index (κ1) is 61.0. The topological polar surface area (TPSA) is 360 Å². The van der Waals surface area contributed by atoms with E-state index in [2.05, 4.69) is 19.2 Å². The Morgan fingerprint density at radius 1 is 0.422 bits per heavy atom. The molecule has 0 aliphatic rings. The van der Waals surface area contributed by atoms with Gasteiger partial charge in [0.1, 0.15) is 23.9 Å². The summed E-state index contributed by atoms with van der Waals surface area (Å²) in [4.78, 5) is 14.4. The summed E-state index contributed by atoms with van der Waals surface area (Å²) in [7, 11) is 0. The third-order valence-electron chi connectivity index (χ3n) is 10.8. The predicted octanol–water partition coefficient (Wildman–Crippen LogP) is 3.74. The predicted molar refractivity (Wildman–Crippen MR) is 235 cm³/mol. The number of carbonyl (C=O) groups is 1. The van der Waals surface area contributed by atoms with Crippen molar-refractivity contribution in [1.29, 1.82) is 0 Å². The SMILES string of the molecule is CCCCCCCCCCC(CCCCCCCCCC)C(=O)NC(CO[C@H](O)/C(O)=C(\O)[C@H](O)CCO)(CO[C@H](O)/C(O)=C(\O)[C@H](O)CCO)CO[C@H](O)/C(O)=C(\O)[C@H](O)CCO. The van der Waals surface area contributed by atoms with Crippen LogP contribution in [0.4, 0.5) is 0 Å². The number of amides is 1. The molecule has 1 amide bonds. The van der Waals surface area contributed by atoms with Crippen molar-refractivity contribution in [2.24, 2.45) is 5.92 Å². The van der Waals surface area contributed by atoms with Gasteiger partial charge in [-0.15, -0.1) is 0 Å². The van der Waals surface area contributed by atoms with Gasteiger partial charge in [-0.25, -0.2) is 0 Å². The van der Waals surface area contributed by atoms with Gasteiger partial charge in [-0.3, -0.25) is 4.79 Å². The number of nitrogens with one attached hydrogen (secondary N) is 1. The summed E-state index contributed by atoms with van der Waals surface area (Å²) >= 11 is 0. The molecule has 0 aromatic carbocycles. The maximum atomic E-state index is 14.4. The molecule has 6 atom stereocenters. The fraction of sp³-hybridized carbons (Fsp3) is 0.841. The van der Waals surface area contributed by atoms with Crippen molar-refractivity contribution in [2.75, 3.05) is 39.6 Å². The standard InChI is InChI=1S/C44H83NO19/c1-3-5-7-9-11-13-15-17-19-30(20-18-16-14-12-10-8-6-4-2)40(58)45-44(27-62-41(59)37(55)34(52)31(49)21-24-46,28-63-42(60)38(56)35(53)32(50)22-25-47)29-64-43(61)39(57)36(54)33(51)23-26-48/h30-33,41-43,46-57,59-61H,3-29H2,1-2H3,(H,45,58)/b37-34+,38-35+,39-36+/t31-,32-,33-,41+,42+,43+/m1/s1. The molecule has 0 bridgehead atoms. The smallest absolute Gasteiger partial charge is 0.223 e. The third kappa shape index (κ3) is 25.1. The molecule has 20 heteroatoms. The monoisotopic (exact) mass is 930 g/mol. The first-order valence-electron chi connectivity index (χ1n) is 22.9. The van der Waals surface area contributed by atoms with Crippen LogP contribution in [0.1, 0.15) is 149 Å². The van der Waals surface area contributed by atoms with E-state index >= 15 is 0 Å². The number of rotatable bonds is 41. The van der Waals surface area contributed by atoms with Crippen molar-refractivity contribution in [1.82, 2.24) is 5.32 Å². The van der Waals surface area contributed by atoms with Crippen LogP contribution in [0.3, 0.4) is 0 Å². The van der Waals surface area contributed by atoms with Gasteiger partial charge in [0.15, 0.2) is 34.6 Å². The highest BCUT2D eigenvalue weighted by molar-refractivity contribution is 5.79. The second kappa shape index (κ2) is 36.2. The summed E-state index contributed by atoms with van der Waals surface area (Å²) < 4.78 is 16.3. The van der Waals surface area contributed by atoms with Crippen LogP contribution in [-0.2, 0) is 19.0 Å². The van der Waals surface area contributed by atoms with Crippen LogP contribution >= 0.6 is 0 Å². The number of unbranched alkanes of at least 4 members (excludes halogenated alkanes) is 14. The van der Waals surface area contributed by atoms with Crippen LogP contribution in [0.5, 0.6) is 0 Å². The van der Waals surface area contributed by atoms with E-state index in [0.29, 0.717) is 25.7 Å². The maximum Gasteiger partial charge on any atom is 0.223 e. The average Bonchev–Trinajstić information content (AvgIpc) is 3.28. The van der Waals surface area contributed by atoms with Crippen LogP contribution in [0.15, 0.2) is 34.6 Å². The van der Waals surface area contributed by atoms with Crippen molar-refractivity contribution in [3.8, 4) is 0 Å². The summed E-state index contributed by atoms with van der Waals surface area (Å²) in [5, 5.41) is 155. The zero-order valence-corrected chi connectivity index (χ0v) is 38.0. The van der Waals surface area contributed by atoms with Crippen molar-refractivity contribution >= 4 is 5.91 Å². The first-order valence-corrected chi connectivity index (χ1v) is 22.9. The normalized spacial score (nSPS) is 16.4. The molecule has 0 aliphatic heterocycles. The lowest BCUT2D eigenvalue weighted by molar-refractivity contribution is -0.180. The van der Waals surface area contributed by atoms with Gasteiger partial charge in [0.05, 0.1) is 19.8 Å². The van der Waals surface area contributed by atoms with Gasteiger partial charge in [0.2, 0.25) is 24.8 Å².